The van der Waals surface area contributed by atoms with Crippen LogP contribution in [0.1, 0.15) is 64.5 Å². The normalized spacial score (nSPS) is 23.4. The quantitative estimate of drug-likeness (QED) is 0.703. The zero-order valence-corrected chi connectivity index (χ0v) is 18.9. The van der Waals surface area contributed by atoms with Crippen molar-refractivity contribution in [2.24, 2.45) is 16.8 Å². The minimum atomic E-state index is -0.513. The van der Waals surface area contributed by atoms with Gasteiger partial charge in [-0.2, -0.15) is 0 Å². The van der Waals surface area contributed by atoms with E-state index in [0.29, 0.717) is 24.4 Å². The fraction of sp³-hybridized carbons (Fsp3) is 0.542. The Morgan fingerprint density at radius 1 is 1.13 bits per heavy atom. The summed E-state index contributed by atoms with van der Waals surface area (Å²) in [6.07, 6.45) is 5.67. The van der Waals surface area contributed by atoms with E-state index in [9.17, 15) is 0 Å². The Bertz CT molecular complexity index is 978. The molecule has 4 N–H and O–H groups in total. The Labute approximate surface area is 184 Å². The van der Waals surface area contributed by atoms with Gasteiger partial charge in [0.1, 0.15) is 24.5 Å². The molecule has 0 aliphatic heterocycles. The average Bonchev–Trinajstić information content (AvgIpc) is 2.71. The Balaban J connectivity index is 1.76. The van der Waals surface area contributed by atoms with Gasteiger partial charge in [-0.15, -0.1) is 0 Å². The standard InChI is InChI=1S/C24H33N5O2/c1-14(2)12-30-29-22-19-11-17(31-16-7-5-15(25)6-8-16)9-10-18(19)21-20(24(22,3)4)23(26)28-13-27-21/h9-11,13-16H,5-8,12,25H2,1-4H3,(H2,26,27,28)/b29-22+. The summed E-state index contributed by atoms with van der Waals surface area (Å²) < 4.78 is 6.33. The molecule has 4 rings (SSSR count). The van der Waals surface area contributed by atoms with Crippen molar-refractivity contribution >= 4 is 11.5 Å². The number of ether oxygens (including phenoxy) is 1. The summed E-state index contributed by atoms with van der Waals surface area (Å²) in [5, 5.41) is 4.59. The maximum Gasteiger partial charge on any atom is 0.131 e. The van der Waals surface area contributed by atoms with Crippen molar-refractivity contribution in [2.45, 2.75) is 70.9 Å². The molecular weight excluding hydrogens is 390 g/mol. The molecule has 2 aliphatic carbocycles. The summed E-state index contributed by atoms with van der Waals surface area (Å²) in [5.74, 6) is 1.68. The van der Waals surface area contributed by atoms with Gasteiger partial charge in [-0.25, -0.2) is 9.97 Å². The second-order valence-electron chi connectivity index (χ2n) is 9.60. The van der Waals surface area contributed by atoms with Crippen LogP contribution in [0.15, 0.2) is 29.7 Å². The molecule has 31 heavy (non-hydrogen) atoms. The summed E-state index contributed by atoms with van der Waals surface area (Å²) >= 11 is 0. The van der Waals surface area contributed by atoms with Crippen LogP contribution in [0.5, 0.6) is 5.75 Å². The van der Waals surface area contributed by atoms with Gasteiger partial charge in [0, 0.05) is 28.1 Å². The molecule has 1 saturated carbocycles. The largest absolute Gasteiger partial charge is 0.490 e. The molecule has 2 aliphatic rings. The van der Waals surface area contributed by atoms with E-state index in [-0.39, 0.29) is 6.10 Å². The van der Waals surface area contributed by atoms with Gasteiger partial charge in [-0.3, -0.25) is 0 Å². The van der Waals surface area contributed by atoms with Gasteiger partial charge in [-0.1, -0.05) is 19.0 Å². The van der Waals surface area contributed by atoms with Gasteiger partial charge < -0.3 is 21.0 Å². The Morgan fingerprint density at radius 3 is 2.58 bits per heavy atom. The van der Waals surface area contributed by atoms with Crippen molar-refractivity contribution < 1.29 is 9.57 Å². The fourth-order valence-electron chi connectivity index (χ4n) is 4.49. The van der Waals surface area contributed by atoms with Crippen LogP contribution in [-0.2, 0) is 10.3 Å². The number of nitrogens with zero attached hydrogens (tertiary/aromatic N) is 3. The highest BCUT2D eigenvalue weighted by atomic mass is 16.6. The van der Waals surface area contributed by atoms with Crippen molar-refractivity contribution in [3.8, 4) is 17.0 Å². The number of rotatable bonds is 5. The lowest BCUT2D eigenvalue weighted by Crippen LogP contribution is -2.36. The van der Waals surface area contributed by atoms with E-state index in [1.807, 2.05) is 12.1 Å². The van der Waals surface area contributed by atoms with Crippen LogP contribution in [-0.4, -0.2) is 34.4 Å². The Kier molecular flexibility index (Phi) is 5.88. The third-order valence-electron chi connectivity index (χ3n) is 6.18. The monoisotopic (exact) mass is 423 g/mol. The maximum absolute atomic E-state index is 6.33. The van der Waals surface area contributed by atoms with Crippen molar-refractivity contribution in [2.75, 3.05) is 12.3 Å². The summed E-state index contributed by atoms with van der Waals surface area (Å²) in [4.78, 5) is 14.5. The van der Waals surface area contributed by atoms with E-state index in [1.54, 1.807) is 0 Å². The van der Waals surface area contributed by atoms with E-state index < -0.39 is 5.41 Å². The summed E-state index contributed by atoms with van der Waals surface area (Å²) in [6.45, 7) is 8.91. The number of benzene rings is 1. The molecule has 1 fully saturated rings. The lowest BCUT2D eigenvalue weighted by Gasteiger charge is -2.35. The highest BCUT2D eigenvalue weighted by molar-refractivity contribution is 6.15. The second-order valence-corrected chi connectivity index (χ2v) is 9.60. The zero-order valence-electron chi connectivity index (χ0n) is 18.9. The maximum atomic E-state index is 6.33. The smallest absolute Gasteiger partial charge is 0.131 e. The number of anilines is 1. The molecule has 166 valence electrons. The van der Waals surface area contributed by atoms with E-state index in [0.717, 1.165) is 59.5 Å². The predicted octanol–water partition coefficient (Wildman–Crippen LogP) is 4.04. The van der Waals surface area contributed by atoms with Crippen LogP contribution < -0.4 is 16.2 Å². The van der Waals surface area contributed by atoms with Crippen molar-refractivity contribution in [1.82, 2.24) is 9.97 Å². The zero-order chi connectivity index (χ0) is 22.2. The first kappa shape index (κ1) is 21.6. The lowest BCUT2D eigenvalue weighted by molar-refractivity contribution is 0.117. The third-order valence-corrected chi connectivity index (χ3v) is 6.18. The van der Waals surface area contributed by atoms with E-state index in [4.69, 9.17) is 21.0 Å². The molecular formula is C24H33N5O2. The number of fused-ring (bicyclic) bond motifs is 3. The first-order valence-corrected chi connectivity index (χ1v) is 11.2. The molecule has 7 nitrogen and oxygen atoms in total. The number of aromatic nitrogens is 2. The molecule has 2 aromatic rings. The van der Waals surface area contributed by atoms with Gasteiger partial charge in [0.05, 0.1) is 17.5 Å². The van der Waals surface area contributed by atoms with Gasteiger partial charge >= 0.3 is 0 Å². The molecule has 0 amide bonds. The summed E-state index contributed by atoms with van der Waals surface area (Å²) in [5.41, 5.74) is 16.3. The fourth-order valence-corrected chi connectivity index (χ4v) is 4.49. The molecule has 0 spiro atoms. The number of hydrogen-bond acceptors (Lipinski definition) is 7. The van der Waals surface area contributed by atoms with Gasteiger partial charge in [0.15, 0.2) is 0 Å². The molecule has 1 aromatic carbocycles. The minimum Gasteiger partial charge on any atom is -0.490 e. The van der Waals surface area contributed by atoms with Gasteiger partial charge in [0.25, 0.3) is 0 Å². The van der Waals surface area contributed by atoms with E-state index in [1.165, 1.54) is 6.33 Å². The van der Waals surface area contributed by atoms with E-state index >= 15 is 0 Å². The SMILES string of the molecule is CC(C)CO/N=C1\c2cc(OC3CCC(N)CC3)ccc2-c2ncnc(N)c2C1(C)C. The average molecular weight is 424 g/mol. The predicted molar refractivity (Wildman–Crippen MR) is 123 cm³/mol. The first-order valence-electron chi connectivity index (χ1n) is 11.2. The van der Waals surface area contributed by atoms with E-state index in [2.05, 4.69) is 48.9 Å². The molecule has 7 heteroatoms. The first-order chi connectivity index (χ1) is 14.8. The molecule has 0 saturated heterocycles. The van der Waals surface area contributed by atoms with Crippen LogP contribution >= 0.6 is 0 Å². The van der Waals surface area contributed by atoms with Crippen LogP contribution in [0.25, 0.3) is 11.3 Å². The van der Waals surface area contributed by atoms with Gasteiger partial charge in [0.2, 0.25) is 0 Å². The molecule has 1 aromatic heterocycles. The molecule has 0 radical (unpaired) electrons. The molecule has 0 atom stereocenters. The summed E-state index contributed by atoms with van der Waals surface area (Å²) in [6, 6.07) is 6.39. The van der Waals surface area contributed by atoms with Crippen LogP contribution in [0.3, 0.4) is 0 Å². The lowest BCUT2D eigenvalue weighted by atomic mass is 9.70. The highest BCUT2D eigenvalue weighted by Crippen LogP contribution is 2.45. The minimum absolute atomic E-state index is 0.192. The Morgan fingerprint density at radius 2 is 1.87 bits per heavy atom. The van der Waals surface area contributed by atoms with Crippen LogP contribution in [0.4, 0.5) is 5.82 Å². The van der Waals surface area contributed by atoms with Crippen LogP contribution in [0.2, 0.25) is 0 Å². The number of oxime groups is 1. The molecule has 0 bridgehead atoms. The van der Waals surface area contributed by atoms with Crippen molar-refractivity contribution in [3.05, 3.63) is 35.7 Å². The second kappa shape index (κ2) is 8.46. The van der Waals surface area contributed by atoms with Crippen LogP contribution in [0, 0.1) is 5.92 Å². The highest BCUT2D eigenvalue weighted by Gasteiger charge is 2.41. The van der Waals surface area contributed by atoms with Crippen molar-refractivity contribution in [1.29, 1.82) is 0 Å². The Hall–Kier alpha value is -2.67. The summed E-state index contributed by atoms with van der Waals surface area (Å²) in [7, 11) is 0. The topological polar surface area (TPSA) is 109 Å². The number of nitrogen functional groups attached to an aromatic ring is 1. The number of nitrogens with two attached hydrogens (primary N) is 2. The third kappa shape index (κ3) is 4.24. The van der Waals surface area contributed by atoms with Crippen molar-refractivity contribution in [3.63, 3.8) is 0 Å². The van der Waals surface area contributed by atoms with Gasteiger partial charge in [-0.05, 0) is 63.6 Å². The number of hydrogen-bond donors (Lipinski definition) is 2. The molecule has 0 unspecified atom stereocenters. The molecule has 1 heterocycles.